The number of hydrogen-bond acceptors (Lipinski definition) is 10. The maximum absolute atomic E-state index is 6.57. The second-order valence-corrected chi connectivity index (χ2v) is 36.4. The molecule has 27 rings (SSSR count). The van der Waals surface area contributed by atoms with E-state index in [1.807, 2.05) is 140 Å². The molecule has 0 atom stereocenters. The average molecular weight is 1820 g/mol. The minimum absolute atomic E-state index is 0.410. The van der Waals surface area contributed by atoms with Gasteiger partial charge in [0.1, 0.15) is 22.3 Å². The van der Waals surface area contributed by atoms with Gasteiger partial charge in [0.25, 0.3) is 0 Å². The zero-order valence-electron chi connectivity index (χ0n) is 74.5. The number of aromatic nitrogens is 10. The van der Waals surface area contributed by atoms with Crippen LogP contribution in [-0.4, -0.2) is 66.5 Å². The molecular formula is C120H82BBrN10O4. The first-order chi connectivity index (χ1) is 66.8. The molecule has 26 aromatic rings. The largest absolute Gasteiger partial charge is 0.494 e. The molecule has 16 heteroatoms. The van der Waals surface area contributed by atoms with E-state index in [0.717, 1.165) is 148 Å². The van der Waals surface area contributed by atoms with E-state index in [9.17, 15) is 0 Å². The number of fused-ring (bicyclic) bond motifs is 18. The van der Waals surface area contributed by atoms with Crippen LogP contribution in [0.15, 0.2) is 438 Å². The van der Waals surface area contributed by atoms with E-state index in [4.69, 9.17) is 48.0 Å². The predicted molar refractivity (Wildman–Crippen MR) is 559 cm³/mol. The monoisotopic (exact) mass is 1820 g/mol. The number of furan rings is 2. The Labute approximate surface area is 790 Å². The Morgan fingerprint density at radius 2 is 0.529 bits per heavy atom. The number of hydrogen-bond donors (Lipinski definition) is 0. The minimum atomic E-state index is -0.442. The van der Waals surface area contributed by atoms with E-state index in [2.05, 4.69) is 347 Å². The summed E-state index contributed by atoms with van der Waals surface area (Å²) in [5.41, 5.74) is 25.5. The van der Waals surface area contributed by atoms with Crippen molar-refractivity contribution in [2.24, 2.45) is 0 Å². The van der Waals surface area contributed by atoms with Crippen LogP contribution in [0.4, 0.5) is 0 Å². The van der Waals surface area contributed by atoms with Crippen molar-refractivity contribution in [2.45, 2.75) is 38.9 Å². The fourth-order valence-corrected chi connectivity index (χ4v) is 20.3. The summed E-state index contributed by atoms with van der Waals surface area (Å²) in [6.07, 6.45) is 0. The second-order valence-electron chi connectivity index (χ2n) is 35.6. The van der Waals surface area contributed by atoms with E-state index < -0.39 is 18.3 Å². The standard InChI is InChI=1S/C57H35N5O.C33H29BN4O2.C30H18BrNO/c1-4-15-36(16-5-1)55-58-56(37-17-6-2-7-18-37)60-57(59-55)62-49-25-13-11-22-44(49)46-35-40(28-31-51(46)62)42-23-14-26-53-54(42)47-34-39(29-32-52(47)63-53)38-27-30-50-45(33-38)43-21-10-12-24-48(43)61(50)41-19-8-3-9-20-41;1-32(2)33(3,4)40-34(39-32)24-19-20-28-26(21-24)25-17-11-12-18-27(25)38(28)31-36-29(22-13-7-5-8-14-22)35-30(37-31)23-15-9-6-10-16-23;31-25-10-6-12-29-30(25)24-18-20(14-16-28(24)33-29)19-13-15-27-23(17-19)22-9-4-5-11-26(22)32(27)21-7-2-1-3-8-21/h1-35H;5-21H,1-4H3;1-18H. The lowest BCUT2D eigenvalue weighted by Crippen LogP contribution is -2.41. The predicted octanol–water partition coefficient (Wildman–Crippen LogP) is 30.3. The van der Waals surface area contributed by atoms with Crippen LogP contribution in [-0.2, 0) is 9.31 Å². The van der Waals surface area contributed by atoms with E-state index >= 15 is 0 Å². The van der Waals surface area contributed by atoms with Gasteiger partial charge in [-0.3, -0.25) is 9.13 Å². The Morgan fingerprint density at radius 3 is 0.941 bits per heavy atom. The molecule has 1 fully saturated rings. The van der Waals surface area contributed by atoms with Gasteiger partial charge < -0.3 is 27.3 Å². The number of benzene rings is 18. The third kappa shape index (κ3) is 14.0. The van der Waals surface area contributed by atoms with Gasteiger partial charge in [-0.2, -0.15) is 19.9 Å². The third-order valence-corrected chi connectivity index (χ3v) is 27.6. The molecule has 1 saturated heterocycles. The van der Waals surface area contributed by atoms with Gasteiger partial charge in [-0.1, -0.05) is 307 Å². The van der Waals surface area contributed by atoms with E-state index in [-0.39, 0.29) is 0 Å². The van der Waals surface area contributed by atoms with Crippen molar-refractivity contribution < 1.29 is 18.1 Å². The maximum atomic E-state index is 6.57. The summed E-state index contributed by atoms with van der Waals surface area (Å²) in [7, 11) is -0.442. The van der Waals surface area contributed by atoms with Crippen molar-refractivity contribution in [3.8, 4) is 102 Å². The van der Waals surface area contributed by atoms with Crippen molar-refractivity contribution in [3.63, 3.8) is 0 Å². The number of para-hydroxylation sites is 6. The minimum Gasteiger partial charge on any atom is -0.456 e. The summed E-state index contributed by atoms with van der Waals surface area (Å²) in [6.45, 7) is 8.30. The first kappa shape index (κ1) is 81.3. The molecule has 0 bridgehead atoms. The Morgan fingerprint density at radius 1 is 0.228 bits per heavy atom. The van der Waals surface area contributed by atoms with Crippen LogP contribution < -0.4 is 5.46 Å². The molecule has 136 heavy (non-hydrogen) atoms. The van der Waals surface area contributed by atoms with Crippen LogP contribution >= 0.6 is 15.9 Å². The summed E-state index contributed by atoms with van der Waals surface area (Å²) >= 11 is 3.70. The Kier molecular flexibility index (Phi) is 19.7. The molecule has 0 saturated carbocycles. The van der Waals surface area contributed by atoms with Crippen LogP contribution in [0.1, 0.15) is 27.7 Å². The first-order valence-corrected chi connectivity index (χ1v) is 46.5. The van der Waals surface area contributed by atoms with Crippen molar-refractivity contribution in [1.82, 2.24) is 48.2 Å². The highest BCUT2D eigenvalue weighted by atomic mass is 79.9. The zero-order chi connectivity index (χ0) is 90.9. The van der Waals surface area contributed by atoms with Gasteiger partial charge in [-0.25, -0.2) is 9.97 Å². The normalized spacial score (nSPS) is 13.1. The highest BCUT2D eigenvalue weighted by Crippen LogP contribution is 2.46. The van der Waals surface area contributed by atoms with Crippen molar-refractivity contribution in [2.75, 3.05) is 0 Å². The Balaban J connectivity index is 0.000000116. The maximum Gasteiger partial charge on any atom is 0.494 e. The van der Waals surface area contributed by atoms with Crippen LogP contribution in [0.25, 0.3) is 233 Å². The molecule has 0 unspecified atom stereocenters. The van der Waals surface area contributed by atoms with Gasteiger partial charge in [0.2, 0.25) is 11.9 Å². The third-order valence-electron chi connectivity index (χ3n) is 27.0. The number of rotatable bonds is 12. The molecule has 646 valence electrons. The molecule has 0 radical (unpaired) electrons. The lowest BCUT2D eigenvalue weighted by molar-refractivity contribution is 0.00578. The molecule has 0 N–H and O–H groups in total. The van der Waals surface area contributed by atoms with Crippen LogP contribution in [0.2, 0.25) is 0 Å². The van der Waals surface area contributed by atoms with Gasteiger partial charge in [0, 0.05) is 103 Å². The SMILES string of the molecule is Brc1cccc2oc3ccc(-c4ccc5c(c4)c4ccccc4n5-c4ccccc4)cc3c12.CC1(C)OB(c2ccc3c(c2)c2ccccc2n3-c2nc(-c3ccccc3)nc(-c3ccccc3)n2)OC1(C)C.c1ccc(-c2nc(-c3ccccc3)nc(-n3c4ccccc4c4cc(-c5cccc6oc7ccc(-c8ccc9c(c8)c8ccccc8n9-c8ccccc8)cc7c56)ccc43)n2)cc1. The van der Waals surface area contributed by atoms with Gasteiger partial charge in [0.05, 0.1) is 55.3 Å². The molecule has 0 aliphatic carbocycles. The lowest BCUT2D eigenvalue weighted by atomic mass is 9.78. The lowest BCUT2D eigenvalue weighted by Gasteiger charge is -2.32. The van der Waals surface area contributed by atoms with Gasteiger partial charge in [0.15, 0.2) is 23.3 Å². The molecule has 1 aliphatic heterocycles. The molecule has 0 spiro atoms. The quantitative estimate of drug-likeness (QED) is 0.109. The van der Waals surface area contributed by atoms with Crippen LogP contribution in [0, 0.1) is 0 Å². The molecule has 0 amide bonds. The van der Waals surface area contributed by atoms with Gasteiger partial charge in [-0.05, 0) is 200 Å². The number of nitrogens with zero attached hydrogens (tertiary/aromatic N) is 10. The zero-order valence-corrected chi connectivity index (χ0v) is 76.1. The Bertz CT molecular complexity index is 9080. The van der Waals surface area contributed by atoms with E-state index in [1.54, 1.807) is 0 Å². The summed E-state index contributed by atoms with van der Waals surface area (Å²) in [5.74, 6) is 3.65. The topological polar surface area (TPSA) is 142 Å². The van der Waals surface area contributed by atoms with Crippen molar-refractivity contribution in [3.05, 3.63) is 429 Å². The highest BCUT2D eigenvalue weighted by Gasteiger charge is 2.52. The van der Waals surface area contributed by atoms with Gasteiger partial charge >= 0.3 is 7.12 Å². The molecule has 18 aromatic carbocycles. The summed E-state index contributed by atoms with van der Waals surface area (Å²) in [4.78, 5) is 30.1. The fourth-order valence-electron chi connectivity index (χ4n) is 19.7. The number of halogens is 1. The highest BCUT2D eigenvalue weighted by molar-refractivity contribution is 9.10. The summed E-state index contributed by atoms with van der Waals surface area (Å²) < 4.78 is 35.4. The second kappa shape index (κ2) is 32.9. The smallest absolute Gasteiger partial charge is 0.456 e. The van der Waals surface area contributed by atoms with E-state index in [0.29, 0.717) is 35.2 Å². The van der Waals surface area contributed by atoms with Crippen LogP contribution in [0.5, 0.6) is 0 Å². The summed E-state index contributed by atoms with van der Waals surface area (Å²) in [5, 5.41) is 13.8. The molecule has 1 aliphatic rings. The van der Waals surface area contributed by atoms with Gasteiger partial charge in [-0.15, -0.1) is 0 Å². The molecule has 8 aromatic heterocycles. The molecule has 14 nitrogen and oxygen atoms in total. The van der Waals surface area contributed by atoms with Crippen molar-refractivity contribution >= 4 is 160 Å². The van der Waals surface area contributed by atoms with E-state index in [1.165, 1.54) is 60.4 Å². The van der Waals surface area contributed by atoms with Crippen molar-refractivity contribution in [1.29, 1.82) is 0 Å². The molecule has 9 heterocycles. The molecular weight excluding hydrogens is 1740 g/mol. The summed E-state index contributed by atoms with van der Waals surface area (Å²) in [6, 6.07) is 148. The average Bonchev–Trinajstić information content (AvgIpc) is 1.58. The fraction of sp³-hybridized carbons (Fsp3) is 0.0500. The Hall–Kier alpha value is -16.8. The van der Waals surface area contributed by atoms with Crippen LogP contribution in [0.3, 0.4) is 0 Å². The first-order valence-electron chi connectivity index (χ1n) is 45.7.